The van der Waals surface area contributed by atoms with Crippen molar-refractivity contribution >= 4 is 0 Å². The molecule has 0 nitrogen and oxygen atoms in total. The summed E-state index contributed by atoms with van der Waals surface area (Å²) in [6.07, 6.45) is 4.71. The second-order valence-electron chi connectivity index (χ2n) is 7.36. The van der Waals surface area contributed by atoms with Crippen LogP contribution >= 0.6 is 0 Å². The van der Waals surface area contributed by atoms with Crippen molar-refractivity contribution in [2.75, 3.05) is 0 Å². The average molecular weight is 242 g/mol. The molecule has 1 rings (SSSR count). The first-order valence-electron chi connectivity index (χ1n) is 7.38. The molecule has 1 heteroatoms. The van der Waals surface area contributed by atoms with Gasteiger partial charge in [0.25, 0.3) is 0 Å². The third-order valence-corrected chi connectivity index (χ3v) is 5.51. The Morgan fingerprint density at radius 2 is 1.53 bits per heavy atom. The van der Waals surface area contributed by atoms with Crippen molar-refractivity contribution in [3.05, 3.63) is 0 Å². The van der Waals surface area contributed by atoms with Crippen LogP contribution in [0.25, 0.3) is 0 Å². The molecule has 0 bridgehead atoms. The van der Waals surface area contributed by atoms with Crippen molar-refractivity contribution in [3.63, 3.8) is 0 Å². The maximum absolute atomic E-state index is 14.5. The highest BCUT2D eigenvalue weighted by Crippen LogP contribution is 2.49. The standard InChI is InChI=1S/C16H31F/c1-7-16(6,8-2)13-10-9-12(11-14(13)17)15(3,4)5/h12-14H,7-11H2,1-6H3. The van der Waals surface area contributed by atoms with Crippen molar-refractivity contribution in [2.45, 2.75) is 79.8 Å². The largest absolute Gasteiger partial charge is 0.247 e. The highest BCUT2D eigenvalue weighted by Gasteiger charge is 2.43. The second kappa shape index (κ2) is 5.28. The normalized spacial score (nSPS) is 31.6. The molecule has 0 aromatic heterocycles. The number of hydrogen-bond donors (Lipinski definition) is 0. The van der Waals surface area contributed by atoms with Crippen LogP contribution in [0.4, 0.5) is 4.39 Å². The van der Waals surface area contributed by atoms with E-state index >= 15 is 0 Å². The minimum atomic E-state index is -0.585. The molecule has 0 saturated heterocycles. The van der Waals surface area contributed by atoms with Crippen LogP contribution in [0.2, 0.25) is 0 Å². The lowest BCUT2D eigenvalue weighted by molar-refractivity contribution is -0.000618. The zero-order valence-corrected chi connectivity index (χ0v) is 12.6. The van der Waals surface area contributed by atoms with Gasteiger partial charge in [0.2, 0.25) is 0 Å². The van der Waals surface area contributed by atoms with Gasteiger partial charge in [-0.1, -0.05) is 54.4 Å². The lowest BCUT2D eigenvalue weighted by atomic mass is 9.61. The van der Waals surface area contributed by atoms with Crippen LogP contribution in [0.3, 0.4) is 0 Å². The van der Waals surface area contributed by atoms with Gasteiger partial charge in [0, 0.05) is 0 Å². The van der Waals surface area contributed by atoms with E-state index in [-0.39, 0.29) is 16.7 Å². The number of alkyl halides is 1. The fraction of sp³-hybridized carbons (Fsp3) is 1.00. The fourth-order valence-corrected chi connectivity index (χ4v) is 3.46. The van der Waals surface area contributed by atoms with E-state index in [1.54, 1.807) is 0 Å². The molecule has 0 aliphatic heterocycles. The second-order valence-corrected chi connectivity index (χ2v) is 7.36. The van der Waals surface area contributed by atoms with Gasteiger partial charge in [-0.2, -0.15) is 0 Å². The minimum Gasteiger partial charge on any atom is -0.247 e. The Morgan fingerprint density at radius 1 is 1.00 bits per heavy atom. The van der Waals surface area contributed by atoms with Gasteiger partial charge in [0.1, 0.15) is 6.17 Å². The molecule has 1 fully saturated rings. The lowest BCUT2D eigenvalue weighted by Crippen LogP contribution is -2.40. The van der Waals surface area contributed by atoms with Crippen LogP contribution in [0.1, 0.15) is 73.6 Å². The Labute approximate surface area is 107 Å². The molecular formula is C16H31F. The maximum atomic E-state index is 14.5. The summed E-state index contributed by atoms with van der Waals surface area (Å²) in [4.78, 5) is 0. The Balaban J connectivity index is 2.71. The van der Waals surface area contributed by atoms with Crippen LogP contribution in [-0.4, -0.2) is 6.17 Å². The third-order valence-electron chi connectivity index (χ3n) is 5.51. The van der Waals surface area contributed by atoms with E-state index in [9.17, 15) is 4.39 Å². The van der Waals surface area contributed by atoms with Crippen molar-refractivity contribution in [3.8, 4) is 0 Å². The van der Waals surface area contributed by atoms with Gasteiger partial charge in [-0.3, -0.25) is 0 Å². The van der Waals surface area contributed by atoms with Gasteiger partial charge < -0.3 is 0 Å². The first-order valence-corrected chi connectivity index (χ1v) is 7.38. The molecule has 0 aromatic carbocycles. The molecule has 0 heterocycles. The Hall–Kier alpha value is -0.0700. The number of rotatable bonds is 3. The molecule has 0 N–H and O–H groups in total. The highest BCUT2D eigenvalue weighted by molar-refractivity contribution is 4.92. The molecular weight excluding hydrogens is 211 g/mol. The van der Waals surface area contributed by atoms with Crippen molar-refractivity contribution in [1.29, 1.82) is 0 Å². The van der Waals surface area contributed by atoms with Crippen molar-refractivity contribution in [2.24, 2.45) is 22.7 Å². The molecule has 1 aliphatic rings. The average Bonchev–Trinajstić information content (AvgIpc) is 2.26. The molecule has 0 aromatic rings. The Morgan fingerprint density at radius 3 is 1.88 bits per heavy atom. The molecule has 1 saturated carbocycles. The van der Waals surface area contributed by atoms with Crippen LogP contribution in [0.15, 0.2) is 0 Å². The summed E-state index contributed by atoms with van der Waals surface area (Å²) in [5, 5.41) is 0. The molecule has 0 amide bonds. The Bertz CT molecular complexity index is 234. The highest BCUT2D eigenvalue weighted by atomic mass is 19.1. The van der Waals surface area contributed by atoms with Crippen LogP contribution < -0.4 is 0 Å². The van der Waals surface area contributed by atoms with E-state index in [1.165, 1.54) is 6.42 Å². The molecule has 1 aliphatic carbocycles. The SMILES string of the molecule is CCC(C)(CC)C1CCC(C(C)(C)C)CC1F. The summed E-state index contributed by atoms with van der Waals surface area (Å²) < 4.78 is 14.5. The summed E-state index contributed by atoms with van der Waals surface area (Å²) in [5.74, 6) is 0.850. The van der Waals surface area contributed by atoms with Crippen LogP contribution in [-0.2, 0) is 0 Å². The first-order chi connectivity index (χ1) is 7.74. The van der Waals surface area contributed by atoms with Gasteiger partial charge in [0.15, 0.2) is 0 Å². The van der Waals surface area contributed by atoms with Crippen LogP contribution in [0, 0.1) is 22.7 Å². The maximum Gasteiger partial charge on any atom is 0.104 e. The van der Waals surface area contributed by atoms with Gasteiger partial charge in [-0.15, -0.1) is 0 Å². The van der Waals surface area contributed by atoms with E-state index in [4.69, 9.17) is 0 Å². The summed E-state index contributed by atoms with van der Waals surface area (Å²) >= 11 is 0. The lowest BCUT2D eigenvalue weighted by Gasteiger charge is -2.45. The monoisotopic (exact) mass is 242 g/mol. The molecule has 102 valence electrons. The summed E-state index contributed by atoms with van der Waals surface area (Å²) in [5.41, 5.74) is 0.479. The zero-order valence-electron chi connectivity index (χ0n) is 12.6. The number of hydrogen-bond acceptors (Lipinski definition) is 0. The van der Waals surface area contributed by atoms with E-state index in [2.05, 4.69) is 41.5 Å². The molecule has 0 spiro atoms. The smallest absolute Gasteiger partial charge is 0.104 e. The summed E-state index contributed by atoms with van der Waals surface area (Å²) in [6.45, 7) is 13.5. The van der Waals surface area contributed by atoms with E-state index in [0.717, 1.165) is 25.7 Å². The van der Waals surface area contributed by atoms with E-state index in [0.29, 0.717) is 5.92 Å². The quantitative estimate of drug-likeness (QED) is 0.603. The molecule has 17 heavy (non-hydrogen) atoms. The Kier molecular flexibility index (Phi) is 4.66. The van der Waals surface area contributed by atoms with Crippen LogP contribution in [0.5, 0.6) is 0 Å². The summed E-state index contributed by atoms with van der Waals surface area (Å²) in [6, 6.07) is 0. The van der Waals surface area contributed by atoms with Crippen molar-refractivity contribution in [1.82, 2.24) is 0 Å². The van der Waals surface area contributed by atoms with Gasteiger partial charge >= 0.3 is 0 Å². The van der Waals surface area contributed by atoms with Gasteiger partial charge in [0.05, 0.1) is 0 Å². The van der Waals surface area contributed by atoms with E-state index in [1.807, 2.05) is 0 Å². The molecule has 0 radical (unpaired) electrons. The number of halogens is 1. The summed E-state index contributed by atoms with van der Waals surface area (Å²) in [7, 11) is 0. The predicted molar refractivity (Wildman–Crippen MR) is 73.9 cm³/mol. The first kappa shape index (κ1) is 15.0. The molecule has 3 unspecified atom stereocenters. The van der Waals surface area contributed by atoms with Crippen molar-refractivity contribution < 1.29 is 4.39 Å². The zero-order chi connectivity index (χ0) is 13.3. The van der Waals surface area contributed by atoms with Gasteiger partial charge in [-0.25, -0.2) is 4.39 Å². The fourth-order valence-electron chi connectivity index (χ4n) is 3.46. The van der Waals surface area contributed by atoms with Gasteiger partial charge in [-0.05, 0) is 41.9 Å². The topological polar surface area (TPSA) is 0 Å². The molecule has 3 atom stereocenters. The predicted octanol–water partition coefficient (Wildman–Crippen LogP) is 5.61. The minimum absolute atomic E-state index is 0.211. The van der Waals surface area contributed by atoms with E-state index < -0.39 is 6.17 Å². The third kappa shape index (κ3) is 3.23.